The molecule has 1 atom stereocenters. The van der Waals surface area contributed by atoms with E-state index in [1.807, 2.05) is 0 Å². The fourth-order valence-electron chi connectivity index (χ4n) is 2.81. The number of carbonyl (C=O) groups is 1. The van der Waals surface area contributed by atoms with Crippen molar-refractivity contribution in [2.24, 2.45) is 5.92 Å². The van der Waals surface area contributed by atoms with Crippen LogP contribution in [-0.4, -0.2) is 36.9 Å². The molecular formula is C17H18N4O4S. The Hall–Kier alpha value is -2.70. The Bertz CT molecular complexity index is 918. The van der Waals surface area contributed by atoms with E-state index in [1.165, 1.54) is 28.8 Å². The zero-order valence-electron chi connectivity index (χ0n) is 14.0. The number of amides is 1. The van der Waals surface area contributed by atoms with Crippen LogP contribution < -0.4 is 5.32 Å². The normalized spacial score (nSPS) is 18.2. The van der Waals surface area contributed by atoms with Crippen LogP contribution in [0.15, 0.2) is 46.0 Å². The van der Waals surface area contributed by atoms with E-state index in [1.54, 1.807) is 12.1 Å². The van der Waals surface area contributed by atoms with Gasteiger partial charge in [-0.3, -0.25) is 4.79 Å². The minimum Gasteiger partial charge on any atom is -0.364 e. The molecule has 136 valence electrons. The topological polar surface area (TPSA) is 116 Å². The fraction of sp³-hybridized carbons (Fsp3) is 0.353. The van der Waals surface area contributed by atoms with E-state index in [2.05, 4.69) is 16.5 Å². The van der Waals surface area contributed by atoms with Gasteiger partial charge in [0.1, 0.15) is 12.0 Å². The molecule has 26 heavy (non-hydrogen) atoms. The second kappa shape index (κ2) is 7.68. The molecule has 2 heterocycles. The van der Waals surface area contributed by atoms with Crippen molar-refractivity contribution in [3.8, 4) is 6.07 Å². The maximum atomic E-state index is 12.8. The summed E-state index contributed by atoms with van der Waals surface area (Å²) in [6.07, 6.45) is 2.75. The van der Waals surface area contributed by atoms with Gasteiger partial charge in [0.05, 0.1) is 23.4 Å². The maximum absolute atomic E-state index is 12.8. The van der Waals surface area contributed by atoms with Gasteiger partial charge in [0.15, 0.2) is 0 Å². The molecule has 0 bridgehead atoms. The van der Waals surface area contributed by atoms with Crippen LogP contribution in [0.4, 0.5) is 0 Å². The Balaban J connectivity index is 1.75. The smallest absolute Gasteiger partial charge is 0.251 e. The van der Waals surface area contributed by atoms with Gasteiger partial charge in [-0.25, -0.2) is 8.42 Å². The van der Waals surface area contributed by atoms with Crippen LogP contribution in [0.2, 0.25) is 0 Å². The molecule has 1 aliphatic heterocycles. The Morgan fingerprint density at radius 1 is 1.42 bits per heavy atom. The highest BCUT2D eigenvalue weighted by Crippen LogP contribution is 2.24. The molecule has 1 saturated heterocycles. The largest absolute Gasteiger partial charge is 0.364 e. The summed E-state index contributed by atoms with van der Waals surface area (Å²) in [7, 11) is -3.74. The Morgan fingerprint density at radius 2 is 2.27 bits per heavy atom. The van der Waals surface area contributed by atoms with E-state index in [-0.39, 0.29) is 29.5 Å². The zero-order chi connectivity index (χ0) is 18.6. The molecule has 0 unspecified atom stereocenters. The molecule has 8 nitrogen and oxygen atoms in total. The quantitative estimate of drug-likeness (QED) is 0.848. The van der Waals surface area contributed by atoms with E-state index < -0.39 is 15.9 Å². The van der Waals surface area contributed by atoms with Gasteiger partial charge < -0.3 is 9.84 Å². The molecule has 2 aromatic rings. The number of nitrogens with zero attached hydrogens (tertiary/aromatic N) is 3. The maximum Gasteiger partial charge on any atom is 0.251 e. The van der Waals surface area contributed by atoms with Gasteiger partial charge >= 0.3 is 0 Å². The lowest BCUT2D eigenvalue weighted by atomic mass is 10.0. The number of aromatic nitrogens is 1. The number of nitriles is 1. The number of hydrogen-bond acceptors (Lipinski definition) is 6. The highest BCUT2D eigenvalue weighted by Gasteiger charge is 2.30. The summed E-state index contributed by atoms with van der Waals surface area (Å²) in [4.78, 5) is 12.3. The summed E-state index contributed by atoms with van der Waals surface area (Å²) in [6, 6.07) is 9.65. The van der Waals surface area contributed by atoms with Crippen LogP contribution in [0.25, 0.3) is 0 Å². The number of nitrogens with one attached hydrogen (secondary N) is 1. The van der Waals surface area contributed by atoms with Crippen molar-refractivity contribution >= 4 is 15.9 Å². The third-order valence-electron chi connectivity index (χ3n) is 4.22. The Kier molecular flexibility index (Phi) is 5.35. The van der Waals surface area contributed by atoms with Crippen LogP contribution in [0.1, 0.15) is 28.9 Å². The molecule has 1 amide bonds. The van der Waals surface area contributed by atoms with E-state index in [0.717, 1.165) is 0 Å². The van der Waals surface area contributed by atoms with Crippen molar-refractivity contribution < 1.29 is 17.7 Å². The summed E-state index contributed by atoms with van der Waals surface area (Å²) in [5.74, 6) is -0.703. The third kappa shape index (κ3) is 3.92. The predicted octanol–water partition coefficient (Wildman–Crippen LogP) is 1.53. The van der Waals surface area contributed by atoms with E-state index >= 15 is 0 Å². The predicted molar refractivity (Wildman–Crippen MR) is 91.2 cm³/mol. The van der Waals surface area contributed by atoms with E-state index in [0.29, 0.717) is 25.1 Å². The van der Waals surface area contributed by atoms with Crippen LogP contribution in [0.5, 0.6) is 0 Å². The lowest BCUT2D eigenvalue weighted by molar-refractivity contribution is 0.0950. The van der Waals surface area contributed by atoms with Gasteiger partial charge in [-0.15, -0.1) is 0 Å². The average molecular weight is 374 g/mol. The summed E-state index contributed by atoms with van der Waals surface area (Å²) in [6.45, 7) is 0.743. The van der Waals surface area contributed by atoms with Gasteiger partial charge in [0, 0.05) is 24.7 Å². The molecule has 0 spiro atoms. The molecule has 0 radical (unpaired) electrons. The van der Waals surface area contributed by atoms with Gasteiger partial charge in [0.2, 0.25) is 10.0 Å². The number of hydrogen-bond donors (Lipinski definition) is 1. The van der Waals surface area contributed by atoms with Crippen molar-refractivity contribution in [2.45, 2.75) is 24.3 Å². The number of rotatable bonds is 5. The summed E-state index contributed by atoms with van der Waals surface area (Å²) in [5, 5.41) is 15.4. The van der Waals surface area contributed by atoms with E-state index in [4.69, 9.17) is 9.78 Å². The number of piperidine rings is 1. The number of benzene rings is 1. The van der Waals surface area contributed by atoms with Crippen molar-refractivity contribution in [2.75, 3.05) is 13.1 Å². The highest BCUT2D eigenvalue weighted by molar-refractivity contribution is 7.89. The number of carbonyl (C=O) groups excluding carboxylic acids is 1. The number of sulfonamides is 1. The summed E-state index contributed by atoms with van der Waals surface area (Å²) in [5.41, 5.74) is 0.807. The minimum atomic E-state index is -3.74. The second-order valence-corrected chi connectivity index (χ2v) is 7.97. The first kappa shape index (κ1) is 18.1. The van der Waals surface area contributed by atoms with Gasteiger partial charge in [0.25, 0.3) is 5.91 Å². The Morgan fingerprint density at radius 3 is 3.00 bits per heavy atom. The van der Waals surface area contributed by atoms with Crippen molar-refractivity contribution in [1.82, 2.24) is 14.8 Å². The molecule has 0 aliphatic carbocycles. The first-order valence-corrected chi connectivity index (χ1v) is 9.62. The molecule has 9 heteroatoms. The monoisotopic (exact) mass is 374 g/mol. The van der Waals surface area contributed by atoms with Crippen molar-refractivity contribution in [3.63, 3.8) is 0 Å². The van der Waals surface area contributed by atoms with E-state index in [9.17, 15) is 13.2 Å². The molecule has 0 saturated carbocycles. The SMILES string of the molecule is N#C[C@@H]1CCCN(S(=O)(=O)c2cccc(C(=O)NCc3ccon3)c2)C1. The molecule has 3 rings (SSSR count). The molecule has 1 aromatic carbocycles. The first-order chi connectivity index (χ1) is 12.5. The van der Waals surface area contributed by atoms with Crippen LogP contribution in [0, 0.1) is 17.2 Å². The first-order valence-electron chi connectivity index (χ1n) is 8.18. The Labute approximate surface area is 151 Å². The molecular weight excluding hydrogens is 356 g/mol. The zero-order valence-corrected chi connectivity index (χ0v) is 14.8. The van der Waals surface area contributed by atoms with Crippen molar-refractivity contribution in [1.29, 1.82) is 5.26 Å². The van der Waals surface area contributed by atoms with Crippen LogP contribution in [0.3, 0.4) is 0 Å². The van der Waals surface area contributed by atoms with Gasteiger partial charge in [-0.05, 0) is 31.0 Å². The van der Waals surface area contributed by atoms with Crippen molar-refractivity contribution in [3.05, 3.63) is 47.9 Å². The highest BCUT2D eigenvalue weighted by atomic mass is 32.2. The standard InChI is InChI=1S/C17H18N4O4S/c18-10-13-3-2-7-21(12-13)26(23,24)16-5-1-4-14(9-16)17(22)19-11-15-6-8-25-20-15/h1,4-6,8-9,13H,2-3,7,11-12H2,(H,19,22)/t13-/m0/s1. The van der Waals surface area contributed by atoms with Gasteiger partial charge in [-0.1, -0.05) is 11.2 Å². The molecule has 1 aliphatic rings. The fourth-order valence-corrected chi connectivity index (χ4v) is 4.38. The van der Waals surface area contributed by atoms with Crippen LogP contribution in [-0.2, 0) is 16.6 Å². The lowest BCUT2D eigenvalue weighted by Crippen LogP contribution is -2.39. The third-order valence-corrected chi connectivity index (χ3v) is 6.08. The minimum absolute atomic E-state index is 0.0465. The second-order valence-electron chi connectivity index (χ2n) is 6.03. The average Bonchev–Trinajstić information content (AvgIpc) is 3.20. The lowest BCUT2D eigenvalue weighted by Gasteiger charge is -2.28. The summed E-state index contributed by atoms with van der Waals surface area (Å²) < 4.78 is 31.7. The summed E-state index contributed by atoms with van der Waals surface area (Å²) >= 11 is 0. The molecule has 1 N–H and O–H groups in total. The van der Waals surface area contributed by atoms with Crippen LogP contribution >= 0.6 is 0 Å². The molecule has 1 fully saturated rings. The molecule has 1 aromatic heterocycles. The van der Waals surface area contributed by atoms with Gasteiger partial charge in [-0.2, -0.15) is 9.57 Å².